The largest absolute Gasteiger partial charge is 0.497 e. The van der Waals surface area contributed by atoms with Gasteiger partial charge in [-0.1, -0.05) is 6.07 Å². The molecule has 0 unspecified atom stereocenters. The van der Waals surface area contributed by atoms with E-state index in [2.05, 4.69) is 10.2 Å². The zero-order chi connectivity index (χ0) is 23.9. The summed E-state index contributed by atoms with van der Waals surface area (Å²) in [7, 11) is 1.63. The SMILES string of the molecule is COc1ccc2c(c1)CCC[C@@]21NC(=O)N(C[NH+]2CCN(c3ccc(C(C)=O)cc3)CC2)C1=O. The van der Waals surface area contributed by atoms with Crippen LogP contribution >= 0.6 is 0 Å². The molecule has 3 aliphatic rings. The van der Waals surface area contributed by atoms with Gasteiger partial charge in [0.15, 0.2) is 12.5 Å². The van der Waals surface area contributed by atoms with Crippen molar-refractivity contribution >= 4 is 23.4 Å². The van der Waals surface area contributed by atoms with E-state index >= 15 is 0 Å². The minimum Gasteiger partial charge on any atom is -0.497 e. The van der Waals surface area contributed by atoms with Gasteiger partial charge in [0.1, 0.15) is 11.3 Å². The van der Waals surface area contributed by atoms with Crippen molar-refractivity contribution in [1.29, 1.82) is 0 Å². The predicted octanol–water partition coefficient (Wildman–Crippen LogP) is 1.34. The monoisotopic (exact) mass is 463 g/mol. The number of urea groups is 1. The van der Waals surface area contributed by atoms with Crippen LogP contribution in [0.25, 0.3) is 0 Å². The maximum absolute atomic E-state index is 13.6. The van der Waals surface area contributed by atoms with Gasteiger partial charge >= 0.3 is 6.03 Å². The molecule has 8 nitrogen and oxygen atoms in total. The van der Waals surface area contributed by atoms with Crippen molar-refractivity contribution in [1.82, 2.24) is 10.2 Å². The highest BCUT2D eigenvalue weighted by Crippen LogP contribution is 2.40. The van der Waals surface area contributed by atoms with Crippen LogP contribution < -0.4 is 19.9 Å². The molecule has 2 aliphatic heterocycles. The summed E-state index contributed by atoms with van der Waals surface area (Å²) in [6.45, 7) is 5.24. The number of nitrogens with one attached hydrogen (secondary N) is 2. The number of amides is 3. The second-order valence-electron chi connectivity index (χ2n) is 9.44. The fourth-order valence-electron chi connectivity index (χ4n) is 5.49. The first kappa shape index (κ1) is 22.4. The second-order valence-corrected chi connectivity index (χ2v) is 9.44. The Morgan fingerprint density at radius 1 is 1.12 bits per heavy atom. The molecule has 2 fully saturated rings. The number of ether oxygens (including phenoxy) is 1. The molecule has 1 spiro atoms. The van der Waals surface area contributed by atoms with Gasteiger partial charge in [0, 0.05) is 11.3 Å². The summed E-state index contributed by atoms with van der Waals surface area (Å²) in [5.41, 5.74) is 2.80. The van der Waals surface area contributed by atoms with Crippen LogP contribution in [0.4, 0.5) is 10.5 Å². The van der Waals surface area contributed by atoms with Crippen molar-refractivity contribution in [3.05, 3.63) is 59.2 Å². The topological polar surface area (TPSA) is 83.4 Å². The van der Waals surface area contributed by atoms with Gasteiger partial charge < -0.3 is 19.9 Å². The summed E-state index contributed by atoms with van der Waals surface area (Å²) in [4.78, 5) is 43.0. The predicted molar refractivity (Wildman–Crippen MR) is 127 cm³/mol. The van der Waals surface area contributed by atoms with Crippen molar-refractivity contribution in [2.75, 3.05) is 44.9 Å². The van der Waals surface area contributed by atoms with Gasteiger partial charge in [-0.25, -0.2) is 9.69 Å². The molecule has 1 aliphatic carbocycles. The van der Waals surface area contributed by atoms with Crippen LogP contribution in [0, 0.1) is 0 Å². The molecular formula is C26H31N4O4+. The maximum atomic E-state index is 13.6. The molecule has 0 aromatic heterocycles. The fraction of sp³-hybridized carbons (Fsp3) is 0.423. The van der Waals surface area contributed by atoms with E-state index in [-0.39, 0.29) is 17.7 Å². The number of carbonyl (C=O) groups excluding carboxylic acids is 3. The first-order valence-electron chi connectivity index (χ1n) is 11.9. The van der Waals surface area contributed by atoms with E-state index in [1.54, 1.807) is 14.0 Å². The summed E-state index contributed by atoms with van der Waals surface area (Å²) < 4.78 is 5.35. The molecule has 2 saturated heterocycles. The molecule has 34 heavy (non-hydrogen) atoms. The molecule has 2 heterocycles. The number of benzene rings is 2. The zero-order valence-corrected chi connectivity index (χ0v) is 19.7. The average molecular weight is 464 g/mol. The molecule has 3 amide bonds. The smallest absolute Gasteiger partial charge is 0.329 e. The van der Waals surface area contributed by atoms with Crippen molar-refractivity contribution < 1.29 is 24.0 Å². The summed E-state index contributed by atoms with van der Waals surface area (Å²) in [6, 6.07) is 13.2. The number of methoxy groups -OCH3 is 1. The van der Waals surface area contributed by atoms with Gasteiger partial charge in [0.2, 0.25) is 0 Å². The number of piperazine rings is 1. The van der Waals surface area contributed by atoms with E-state index in [1.165, 1.54) is 9.80 Å². The van der Waals surface area contributed by atoms with Crippen molar-refractivity contribution in [3.8, 4) is 5.75 Å². The number of fused-ring (bicyclic) bond motifs is 2. The van der Waals surface area contributed by atoms with E-state index in [1.807, 2.05) is 42.5 Å². The maximum Gasteiger partial charge on any atom is 0.329 e. The first-order valence-corrected chi connectivity index (χ1v) is 11.9. The highest BCUT2D eigenvalue weighted by molar-refractivity contribution is 6.07. The quantitative estimate of drug-likeness (QED) is 0.517. The lowest BCUT2D eigenvalue weighted by molar-refractivity contribution is -0.907. The fourth-order valence-corrected chi connectivity index (χ4v) is 5.49. The number of Topliss-reactive ketones (excluding diaryl/α,β-unsaturated/α-hetero) is 1. The number of hydrogen-bond donors (Lipinski definition) is 2. The number of hydrogen-bond acceptors (Lipinski definition) is 5. The molecule has 0 bridgehead atoms. The average Bonchev–Trinajstić information content (AvgIpc) is 3.09. The molecule has 5 rings (SSSR count). The Morgan fingerprint density at radius 2 is 1.85 bits per heavy atom. The summed E-state index contributed by atoms with van der Waals surface area (Å²) in [6.07, 6.45) is 2.33. The van der Waals surface area contributed by atoms with Crippen LogP contribution in [0.1, 0.15) is 41.3 Å². The van der Waals surface area contributed by atoms with Crippen LogP contribution in [0.15, 0.2) is 42.5 Å². The Kier molecular flexibility index (Phi) is 5.77. The summed E-state index contributed by atoms with van der Waals surface area (Å²) in [5, 5.41) is 3.05. The van der Waals surface area contributed by atoms with Crippen molar-refractivity contribution in [2.45, 2.75) is 31.7 Å². The number of quaternary nitrogens is 1. The normalized spacial score (nSPS) is 22.6. The Hall–Kier alpha value is -3.39. The van der Waals surface area contributed by atoms with E-state index in [9.17, 15) is 14.4 Å². The first-order chi connectivity index (χ1) is 16.4. The lowest BCUT2D eigenvalue weighted by atomic mass is 9.76. The molecule has 2 aromatic carbocycles. The Balaban J connectivity index is 1.26. The third kappa shape index (κ3) is 3.81. The summed E-state index contributed by atoms with van der Waals surface area (Å²) in [5.74, 6) is 0.688. The van der Waals surface area contributed by atoms with Crippen molar-refractivity contribution in [2.24, 2.45) is 0 Å². The van der Waals surface area contributed by atoms with Gasteiger partial charge in [-0.05, 0) is 73.7 Å². The van der Waals surface area contributed by atoms with Crippen LogP contribution in [0.2, 0.25) is 0 Å². The number of carbonyl (C=O) groups is 3. The number of anilines is 1. The third-order valence-electron chi connectivity index (χ3n) is 7.44. The lowest BCUT2D eigenvalue weighted by Crippen LogP contribution is -3.16. The summed E-state index contributed by atoms with van der Waals surface area (Å²) >= 11 is 0. The van der Waals surface area contributed by atoms with Gasteiger partial charge in [-0.2, -0.15) is 0 Å². The van der Waals surface area contributed by atoms with Crippen LogP contribution in [-0.4, -0.2) is 62.6 Å². The molecule has 2 aromatic rings. The number of ketones is 1. The lowest BCUT2D eigenvalue weighted by Gasteiger charge is -2.35. The van der Waals surface area contributed by atoms with Gasteiger partial charge in [0.05, 0.1) is 33.3 Å². The van der Waals surface area contributed by atoms with Gasteiger partial charge in [-0.3, -0.25) is 9.59 Å². The van der Waals surface area contributed by atoms with Crippen LogP contribution in [0.3, 0.4) is 0 Å². The zero-order valence-electron chi connectivity index (χ0n) is 19.7. The number of nitrogens with zero attached hydrogens (tertiary/aromatic N) is 2. The van der Waals surface area contributed by atoms with Gasteiger partial charge in [0.25, 0.3) is 5.91 Å². The van der Waals surface area contributed by atoms with E-state index in [4.69, 9.17) is 4.74 Å². The minimum absolute atomic E-state index is 0.0619. The van der Waals surface area contributed by atoms with Crippen molar-refractivity contribution in [3.63, 3.8) is 0 Å². The van der Waals surface area contributed by atoms with Gasteiger partial charge in [-0.15, -0.1) is 0 Å². The molecule has 8 heteroatoms. The molecule has 0 radical (unpaired) electrons. The number of aryl methyl sites for hydroxylation is 1. The second kappa shape index (κ2) is 8.76. The standard InChI is InChI=1S/C26H30N4O4/c1-18(31)19-5-7-21(8-6-19)29-14-12-28(13-15-29)17-30-24(32)26(27-25(30)33)11-3-4-20-16-22(34-2)9-10-23(20)26/h5-10,16H,3-4,11-15,17H2,1-2H3,(H,27,33)/p+1/t26-/m1/s1. The van der Waals surface area contributed by atoms with Crippen LogP contribution in [0.5, 0.6) is 5.75 Å². The number of rotatable bonds is 5. The van der Waals surface area contributed by atoms with E-state index < -0.39 is 5.54 Å². The minimum atomic E-state index is -0.962. The third-order valence-corrected chi connectivity index (χ3v) is 7.44. The van der Waals surface area contributed by atoms with E-state index in [0.29, 0.717) is 18.7 Å². The molecule has 1 atom stereocenters. The Labute approximate surface area is 199 Å². The molecule has 178 valence electrons. The molecular weight excluding hydrogens is 432 g/mol. The van der Waals surface area contributed by atoms with Crippen LogP contribution in [-0.2, 0) is 16.8 Å². The van der Waals surface area contributed by atoms with E-state index in [0.717, 1.165) is 61.6 Å². The molecule has 2 N–H and O–H groups in total. The highest BCUT2D eigenvalue weighted by Gasteiger charge is 2.55. The Morgan fingerprint density at radius 3 is 2.53 bits per heavy atom. The molecule has 0 saturated carbocycles. The highest BCUT2D eigenvalue weighted by atomic mass is 16.5. The Bertz CT molecular complexity index is 1120. The number of imide groups is 1.